The molecule has 0 radical (unpaired) electrons. The number of fused-ring (bicyclic) bond motifs is 2. The summed E-state index contributed by atoms with van der Waals surface area (Å²) in [6.45, 7) is 4.30. The Kier molecular flexibility index (Phi) is 5.33. The van der Waals surface area contributed by atoms with Gasteiger partial charge in [-0.1, -0.05) is 31.0 Å². The number of hydrogen-bond donors (Lipinski definition) is 2. The van der Waals surface area contributed by atoms with Crippen LogP contribution >= 0.6 is 0 Å². The number of nitrogens with one attached hydrogen (secondary N) is 2. The molecular formula is C23H30N4O3. The Balaban J connectivity index is 1.38. The third-order valence-corrected chi connectivity index (χ3v) is 7.33. The van der Waals surface area contributed by atoms with Gasteiger partial charge in [0.1, 0.15) is 6.04 Å². The molecular weight excluding hydrogens is 380 g/mol. The summed E-state index contributed by atoms with van der Waals surface area (Å²) in [5, 5.41) is 5.98. The highest BCUT2D eigenvalue weighted by molar-refractivity contribution is 6.05. The minimum Gasteiger partial charge on any atom is -0.322 e. The quantitative estimate of drug-likeness (QED) is 0.737. The first-order chi connectivity index (χ1) is 14.6. The van der Waals surface area contributed by atoms with Gasteiger partial charge >= 0.3 is 0 Å². The van der Waals surface area contributed by atoms with Crippen molar-refractivity contribution in [2.75, 3.05) is 19.6 Å². The largest absolute Gasteiger partial charge is 0.322 e. The van der Waals surface area contributed by atoms with Crippen molar-refractivity contribution in [1.82, 2.24) is 20.4 Å². The van der Waals surface area contributed by atoms with Crippen LogP contribution in [-0.4, -0.2) is 59.2 Å². The van der Waals surface area contributed by atoms with E-state index in [0.29, 0.717) is 24.9 Å². The lowest BCUT2D eigenvalue weighted by molar-refractivity contribution is -0.136. The summed E-state index contributed by atoms with van der Waals surface area (Å²) in [6, 6.07) is 6.12. The Bertz CT molecular complexity index is 870. The standard InChI is InChI=1S/C23H30N4O3/c28-20-9-8-19(22(29)25-20)27-14-17-6-3-5-16(21(17)23(27)30)13-26-11-10-24-12-15-4-1-2-7-18(15)26/h3,5-6,15,18-19,24H,1-2,4,7-14H2,(H,25,28,29). The molecule has 0 aromatic heterocycles. The Labute approximate surface area is 177 Å². The molecule has 3 aliphatic heterocycles. The normalized spacial score (nSPS) is 29.9. The van der Waals surface area contributed by atoms with Gasteiger partial charge < -0.3 is 10.2 Å². The fourth-order valence-electron chi connectivity index (χ4n) is 5.82. The van der Waals surface area contributed by atoms with Crippen molar-refractivity contribution in [1.29, 1.82) is 0 Å². The van der Waals surface area contributed by atoms with Gasteiger partial charge in [-0.2, -0.15) is 0 Å². The molecule has 3 atom stereocenters. The van der Waals surface area contributed by atoms with Crippen LogP contribution < -0.4 is 10.6 Å². The van der Waals surface area contributed by atoms with Crippen molar-refractivity contribution in [3.63, 3.8) is 0 Å². The van der Waals surface area contributed by atoms with E-state index in [4.69, 9.17) is 0 Å². The molecule has 1 aromatic rings. The summed E-state index contributed by atoms with van der Waals surface area (Å²) in [6.07, 6.45) is 5.80. The second-order valence-corrected chi connectivity index (χ2v) is 9.14. The molecule has 1 aromatic carbocycles. The summed E-state index contributed by atoms with van der Waals surface area (Å²) >= 11 is 0. The minimum absolute atomic E-state index is 0.0664. The van der Waals surface area contributed by atoms with Gasteiger partial charge in [0, 0.05) is 44.2 Å². The lowest BCUT2D eigenvalue weighted by Crippen LogP contribution is -2.52. The van der Waals surface area contributed by atoms with E-state index in [0.717, 1.165) is 42.9 Å². The maximum atomic E-state index is 13.4. The van der Waals surface area contributed by atoms with Crippen LogP contribution in [0.25, 0.3) is 0 Å². The number of rotatable bonds is 3. The first-order valence-corrected chi connectivity index (χ1v) is 11.3. The van der Waals surface area contributed by atoms with Gasteiger partial charge in [-0.05, 0) is 42.9 Å². The van der Waals surface area contributed by atoms with E-state index in [1.807, 2.05) is 12.1 Å². The minimum atomic E-state index is -0.555. The van der Waals surface area contributed by atoms with Crippen molar-refractivity contribution in [2.45, 2.75) is 63.7 Å². The Morgan fingerprint density at radius 3 is 2.80 bits per heavy atom. The summed E-state index contributed by atoms with van der Waals surface area (Å²) < 4.78 is 0. The summed E-state index contributed by atoms with van der Waals surface area (Å²) in [5.74, 6) is 0.0208. The molecule has 3 fully saturated rings. The van der Waals surface area contributed by atoms with Gasteiger partial charge in [-0.3, -0.25) is 24.6 Å². The molecule has 3 unspecified atom stereocenters. The van der Waals surface area contributed by atoms with Gasteiger partial charge in [0.25, 0.3) is 5.91 Å². The van der Waals surface area contributed by atoms with Crippen LogP contribution in [0.1, 0.15) is 60.0 Å². The molecule has 2 saturated heterocycles. The monoisotopic (exact) mass is 410 g/mol. The molecule has 160 valence electrons. The second-order valence-electron chi connectivity index (χ2n) is 9.14. The number of carbonyl (C=O) groups excluding carboxylic acids is 3. The Morgan fingerprint density at radius 2 is 1.93 bits per heavy atom. The van der Waals surface area contributed by atoms with Crippen LogP contribution in [0.15, 0.2) is 18.2 Å². The smallest absolute Gasteiger partial charge is 0.255 e. The third kappa shape index (κ3) is 3.54. The summed E-state index contributed by atoms with van der Waals surface area (Å²) in [4.78, 5) is 41.4. The van der Waals surface area contributed by atoms with Crippen molar-refractivity contribution in [3.8, 4) is 0 Å². The highest BCUT2D eigenvalue weighted by Gasteiger charge is 2.40. The van der Waals surface area contributed by atoms with Crippen LogP contribution in [0.5, 0.6) is 0 Å². The van der Waals surface area contributed by atoms with Crippen molar-refractivity contribution in [3.05, 3.63) is 34.9 Å². The predicted octanol–water partition coefficient (Wildman–Crippen LogP) is 1.41. The Hall–Kier alpha value is -2.25. The number of benzene rings is 1. The van der Waals surface area contributed by atoms with Crippen LogP contribution in [0.4, 0.5) is 0 Å². The zero-order valence-corrected chi connectivity index (χ0v) is 17.4. The second kappa shape index (κ2) is 8.12. The lowest BCUT2D eigenvalue weighted by atomic mass is 9.83. The SMILES string of the molecule is O=C1CCC(N2Cc3cccc(CN4CCNCC5CCCCC54)c3C2=O)C(=O)N1. The highest BCUT2D eigenvalue weighted by atomic mass is 16.2. The van der Waals surface area contributed by atoms with Crippen LogP contribution in [-0.2, 0) is 22.7 Å². The molecule has 5 rings (SSSR count). The number of hydrogen-bond acceptors (Lipinski definition) is 5. The number of carbonyl (C=O) groups is 3. The van der Waals surface area contributed by atoms with E-state index < -0.39 is 6.04 Å². The molecule has 7 heteroatoms. The molecule has 3 heterocycles. The number of nitrogens with zero attached hydrogens (tertiary/aromatic N) is 2. The van der Waals surface area contributed by atoms with Crippen molar-refractivity contribution in [2.24, 2.45) is 5.92 Å². The van der Waals surface area contributed by atoms with E-state index in [1.54, 1.807) is 4.90 Å². The fraction of sp³-hybridized carbons (Fsp3) is 0.609. The zero-order valence-electron chi connectivity index (χ0n) is 17.4. The number of amides is 3. The van der Waals surface area contributed by atoms with Crippen LogP contribution in [0.3, 0.4) is 0 Å². The average molecular weight is 411 g/mol. The van der Waals surface area contributed by atoms with Gasteiger partial charge in [0.15, 0.2) is 0 Å². The molecule has 7 nitrogen and oxygen atoms in total. The molecule has 4 aliphatic rings. The van der Waals surface area contributed by atoms with Gasteiger partial charge in [-0.25, -0.2) is 0 Å². The molecule has 30 heavy (non-hydrogen) atoms. The van der Waals surface area contributed by atoms with Gasteiger partial charge in [-0.15, -0.1) is 0 Å². The first-order valence-electron chi connectivity index (χ1n) is 11.3. The van der Waals surface area contributed by atoms with Crippen LogP contribution in [0.2, 0.25) is 0 Å². The summed E-state index contributed by atoms with van der Waals surface area (Å²) in [5.41, 5.74) is 2.83. The maximum Gasteiger partial charge on any atom is 0.255 e. The number of piperidine rings is 1. The van der Waals surface area contributed by atoms with Crippen molar-refractivity contribution < 1.29 is 14.4 Å². The highest BCUT2D eigenvalue weighted by Crippen LogP contribution is 2.33. The van der Waals surface area contributed by atoms with Gasteiger partial charge in [0.2, 0.25) is 11.8 Å². The van der Waals surface area contributed by atoms with Crippen molar-refractivity contribution >= 4 is 17.7 Å². The summed E-state index contributed by atoms with van der Waals surface area (Å²) in [7, 11) is 0. The van der Waals surface area contributed by atoms with E-state index in [2.05, 4.69) is 21.6 Å². The van der Waals surface area contributed by atoms with Gasteiger partial charge in [0.05, 0.1) is 0 Å². The molecule has 1 saturated carbocycles. The van der Waals surface area contributed by atoms with E-state index in [1.165, 1.54) is 25.7 Å². The fourth-order valence-corrected chi connectivity index (χ4v) is 5.82. The average Bonchev–Trinajstić information content (AvgIpc) is 2.94. The molecule has 2 N–H and O–H groups in total. The van der Waals surface area contributed by atoms with E-state index in [-0.39, 0.29) is 24.1 Å². The lowest BCUT2D eigenvalue weighted by Gasteiger charge is -2.38. The Morgan fingerprint density at radius 1 is 1.07 bits per heavy atom. The molecule has 1 aliphatic carbocycles. The number of imide groups is 1. The maximum absolute atomic E-state index is 13.4. The van der Waals surface area contributed by atoms with Crippen LogP contribution in [0, 0.1) is 5.92 Å². The van der Waals surface area contributed by atoms with E-state index >= 15 is 0 Å². The zero-order chi connectivity index (χ0) is 20.7. The van der Waals surface area contributed by atoms with E-state index in [9.17, 15) is 14.4 Å². The molecule has 3 amide bonds. The molecule has 0 spiro atoms. The molecule has 0 bridgehead atoms. The third-order valence-electron chi connectivity index (χ3n) is 7.33. The first kappa shape index (κ1) is 19.7. The topological polar surface area (TPSA) is 81.8 Å². The predicted molar refractivity (Wildman–Crippen MR) is 112 cm³/mol.